The second-order valence-electron chi connectivity index (χ2n) is 5.06. The van der Waals surface area contributed by atoms with E-state index < -0.39 is 11.9 Å². The maximum absolute atomic E-state index is 12.1. The standard InChI is InChI=1S/C13H23NO3/c1-5-10(6-2)14-9(4)12(13(16)17)8(3)7-11(14)15/h8-10,12H,5-7H2,1-4H3,(H,16,17). The van der Waals surface area contributed by atoms with Crippen LogP contribution in [-0.4, -0.2) is 34.0 Å². The van der Waals surface area contributed by atoms with Gasteiger partial charge in [0.2, 0.25) is 5.91 Å². The Hall–Kier alpha value is -1.06. The number of aliphatic carboxylic acids is 1. The van der Waals surface area contributed by atoms with Crippen LogP contribution in [0.2, 0.25) is 0 Å². The first-order valence-electron chi connectivity index (χ1n) is 6.47. The molecule has 1 saturated heterocycles. The highest BCUT2D eigenvalue weighted by atomic mass is 16.4. The first-order valence-corrected chi connectivity index (χ1v) is 6.47. The van der Waals surface area contributed by atoms with Gasteiger partial charge in [0.25, 0.3) is 0 Å². The largest absolute Gasteiger partial charge is 0.481 e. The molecule has 1 amide bonds. The van der Waals surface area contributed by atoms with Gasteiger partial charge in [-0.2, -0.15) is 0 Å². The van der Waals surface area contributed by atoms with Crippen molar-refractivity contribution in [1.82, 2.24) is 4.90 Å². The van der Waals surface area contributed by atoms with Crippen molar-refractivity contribution in [1.29, 1.82) is 0 Å². The van der Waals surface area contributed by atoms with Crippen LogP contribution in [0.25, 0.3) is 0 Å². The summed E-state index contributed by atoms with van der Waals surface area (Å²) < 4.78 is 0. The van der Waals surface area contributed by atoms with E-state index in [9.17, 15) is 14.7 Å². The first-order chi connectivity index (χ1) is 7.93. The van der Waals surface area contributed by atoms with Crippen molar-refractivity contribution < 1.29 is 14.7 Å². The number of carbonyl (C=O) groups excluding carboxylic acids is 1. The third-order valence-corrected chi connectivity index (χ3v) is 3.98. The monoisotopic (exact) mass is 241 g/mol. The molecule has 1 N–H and O–H groups in total. The summed E-state index contributed by atoms with van der Waals surface area (Å²) in [7, 11) is 0. The van der Waals surface area contributed by atoms with Crippen LogP contribution >= 0.6 is 0 Å². The Bertz CT molecular complexity index is 299. The van der Waals surface area contributed by atoms with Crippen LogP contribution in [-0.2, 0) is 9.59 Å². The number of hydrogen-bond donors (Lipinski definition) is 1. The normalized spacial score (nSPS) is 29.8. The number of carboxylic acid groups (broad SMARTS) is 1. The fourth-order valence-corrected chi connectivity index (χ4v) is 3.05. The molecule has 0 aliphatic carbocycles. The molecule has 1 heterocycles. The third kappa shape index (κ3) is 2.61. The minimum Gasteiger partial charge on any atom is -0.481 e. The topological polar surface area (TPSA) is 57.6 Å². The van der Waals surface area contributed by atoms with E-state index in [0.29, 0.717) is 6.42 Å². The van der Waals surface area contributed by atoms with E-state index in [0.717, 1.165) is 12.8 Å². The van der Waals surface area contributed by atoms with Gasteiger partial charge < -0.3 is 10.0 Å². The molecule has 0 aromatic rings. The number of likely N-dealkylation sites (tertiary alicyclic amines) is 1. The SMILES string of the molecule is CCC(CC)N1C(=O)CC(C)C(C(=O)O)C1C. The van der Waals surface area contributed by atoms with Crippen molar-refractivity contribution in [2.24, 2.45) is 11.8 Å². The van der Waals surface area contributed by atoms with Crippen LogP contribution in [0.1, 0.15) is 47.0 Å². The van der Waals surface area contributed by atoms with E-state index >= 15 is 0 Å². The number of carboxylic acids is 1. The number of carbonyl (C=O) groups is 2. The molecule has 0 radical (unpaired) electrons. The molecule has 1 fully saturated rings. The molecule has 0 aromatic carbocycles. The lowest BCUT2D eigenvalue weighted by molar-refractivity contribution is -0.157. The Kier molecular flexibility index (Phi) is 4.54. The van der Waals surface area contributed by atoms with Crippen molar-refractivity contribution >= 4 is 11.9 Å². The number of amides is 1. The molecule has 17 heavy (non-hydrogen) atoms. The van der Waals surface area contributed by atoms with Gasteiger partial charge in [0.05, 0.1) is 5.92 Å². The van der Waals surface area contributed by atoms with Crippen molar-refractivity contribution in [2.45, 2.75) is 59.0 Å². The quantitative estimate of drug-likeness (QED) is 0.820. The van der Waals surface area contributed by atoms with Crippen LogP contribution < -0.4 is 0 Å². The lowest BCUT2D eigenvalue weighted by Gasteiger charge is -2.44. The molecule has 0 aromatic heterocycles. The molecule has 4 heteroatoms. The Morgan fingerprint density at radius 3 is 2.35 bits per heavy atom. The van der Waals surface area contributed by atoms with E-state index in [1.54, 1.807) is 4.90 Å². The predicted octanol–water partition coefficient (Wildman–Crippen LogP) is 2.13. The highest BCUT2D eigenvalue weighted by Gasteiger charge is 2.43. The lowest BCUT2D eigenvalue weighted by atomic mass is 9.80. The van der Waals surface area contributed by atoms with E-state index in [2.05, 4.69) is 0 Å². The molecule has 98 valence electrons. The molecule has 3 atom stereocenters. The van der Waals surface area contributed by atoms with E-state index in [1.807, 2.05) is 27.7 Å². The first kappa shape index (κ1) is 14.0. The summed E-state index contributed by atoms with van der Waals surface area (Å²) in [5, 5.41) is 9.27. The molecule has 4 nitrogen and oxygen atoms in total. The summed E-state index contributed by atoms with van der Waals surface area (Å²) in [5.74, 6) is -1.18. The van der Waals surface area contributed by atoms with Gasteiger partial charge in [-0.15, -0.1) is 0 Å². The lowest BCUT2D eigenvalue weighted by Crippen LogP contribution is -2.56. The van der Waals surface area contributed by atoms with Crippen LogP contribution in [0, 0.1) is 11.8 Å². The zero-order valence-corrected chi connectivity index (χ0v) is 11.1. The van der Waals surface area contributed by atoms with Gasteiger partial charge in [-0.25, -0.2) is 0 Å². The van der Waals surface area contributed by atoms with Gasteiger partial charge in [0.1, 0.15) is 0 Å². The Labute approximate surface area is 103 Å². The minimum atomic E-state index is -0.784. The molecule has 1 rings (SSSR count). The maximum atomic E-state index is 12.1. The fraction of sp³-hybridized carbons (Fsp3) is 0.846. The maximum Gasteiger partial charge on any atom is 0.308 e. The van der Waals surface area contributed by atoms with Crippen LogP contribution in [0.4, 0.5) is 0 Å². The summed E-state index contributed by atoms with van der Waals surface area (Å²) in [6, 6.07) is -0.0273. The van der Waals surface area contributed by atoms with Crippen molar-refractivity contribution in [3.63, 3.8) is 0 Å². The Morgan fingerprint density at radius 2 is 1.94 bits per heavy atom. The average Bonchev–Trinajstić information content (AvgIpc) is 2.22. The van der Waals surface area contributed by atoms with Gasteiger partial charge in [-0.3, -0.25) is 9.59 Å². The van der Waals surface area contributed by atoms with Gasteiger partial charge in [-0.1, -0.05) is 20.8 Å². The molecular weight excluding hydrogens is 218 g/mol. The molecule has 0 bridgehead atoms. The second kappa shape index (κ2) is 5.52. The molecule has 0 saturated carbocycles. The molecule has 1 aliphatic heterocycles. The van der Waals surface area contributed by atoms with Gasteiger partial charge in [-0.05, 0) is 25.7 Å². The van der Waals surface area contributed by atoms with E-state index in [1.165, 1.54) is 0 Å². The minimum absolute atomic E-state index is 0.0689. The van der Waals surface area contributed by atoms with Crippen molar-refractivity contribution in [2.75, 3.05) is 0 Å². The van der Waals surface area contributed by atoms with E-state index in [4.69, 9.17) is 0 Å². The highest BCUT2D eigenvalue weighted by molar-refractivity contribution is 5.82. The van der Waals surface area contributed by atoms with E-state index in [-0.39, 0.29) is 23.9 Å². The summed E-state index contributed by atoms with van der Waals surface area (Å²) in [5.41, 5.74) is 0. The summed E-state index contributed by atoms with van der Waals surface area (Å²) in [6.45, 7) is 7.81. The predicted molar refractivity (Wildman–Crippen MR) is 65.6 cm³/mol. The second-order valence-corrected chi connectivity index (χ2v) is 5.06. The molecular formula is C13H23NO3. The Morgan fingerprint density at radius 1 is 1.41 bits per heavy atom. The number of rotatable bonds is 4. The molecule has 3 unspecified atom stereocenters. The summed E-state index contributed by atoms with van der Waals surface area (Å²) >= 11 is 0. The van der Waals surface area contributed by atoms with Crippen molar-refractivity contribution in [3.8, 4) is 0 Å². The zero-order valence-electron chi connectivity index (χ0n) is 11.1. The summed E-state index contributed by atoms with van der Waals surface area (Å²) in [4.78, 5) is 25.2. The summed E-state index contributed by atoms with van der Waals surface area (Å²) in [6.07, 6.45) is 2.12. The van der Waals surface area contributed by atoms with Crippen LogP contribution in [0.15, 0.2) is 0 Å². The molecule has 0 spiro atoms. The van der Waals surface area contributed by atoms with Gasteiger partial charge in [0, 0.05) is 18.5 Å². The zero-order chi connectivity index (χ0) is 13.2. The van der Waals surface area contributed by atoms with Crippen LogP contribution in [0.3, 0.4) is 0 Å². The highest BCUT2D eigenvalue weighted by Crippen LogP contribution is 2.32. The molecule has 1 aliphatic rings. The number of nitrogens with zero attached hydrogens (tertiary/aromatic N) is 1. The third-order valence-electron chi connectivity index (χ3n) is 3.98. The smallest absolute Gasteiger partial charge is 0.308 e. The number of hydrogen-bond acceptors (Lipinski definition) is 2. The number of piperidine rings is 1. The van der Waals surface area contributed by atoms with Crippen molar-refractivity contribution in [3.05, 3.63) is 0 Å². The average molecular weight is 241 g/mol. The van der Waals surface area contributed by atoms with Crippen LogP contribution in [0.5, 0.6) is 0 Å². The Balaban J connectivity index is 2.97. The van der Waals surface area contributed by atoms with Gasteiger partial charge in [0.15, 0.2) is 0 Å². The van der Waals surface area contributed by atoms with Gasteiger partial charge >= 0.3 is 5.97 Å². The fourth-order valence-electron chi connectivity index (χ4n) is 3.05.